The second-order valence-corrected chi connectivity index (χ2v) is 24.1. The zero-order valence-corrected chi connectivity index (χ0v) is 17.6. The van der Waals surface area contributed by atoms with Crippen LogP contribution in [-0.2, 0) is 23.6 Å². The average Bonchev–Trinajstić information content (AvgIpc) is 2.84. The molecule has 5 heteroatoms. The van der Waals surface area contributed by atoms with E-state index in [0.29, 0.717) is 0 Å². The maximum Gasteiger partial charge on any atom is 0.0375 e. The van der Waals surface area contributed by atoms with Crippen LogP contribution in [0.4, 0.5) is 0 Å². The Labute approximate surface area is 154 Å². The molecule has 1 unspecified atom stereocenters. The van der Waals surface area contributed by atoms with Crippen molar-refractivity contribution in [2.24, 2.45) is 0 Å². The predicted octanol–water partition coefficient (Wildman–Crippen LogP) is 4.50. The fraction of sp³-hybridized carbons (Fsp3) is 0.0526. The van der Waals surface area contributed by atoms with E-state index in [4.69, 9.17) is 23.6 Å². The molecule has 0 bridgehead atoms. The van der Waals surface area contributed by atoms with Crippen LogP contribution in [0.5, 0.6) is 0 Å². The Kier molecular flexibility index (Phi) is 4.41. The monoisotopic (exact) mass is 402 g/mol. The van der Waals surface area contributed by atoms with Crippen molar-refractivity contribution in [3.05, 3.63) is 84.9 Å². The van der Waals surface area contributed by atoms with Crippen LogP contribution in [0.1, 0.15) is 0 Å². The van der Waals surface area contributed by atoms with Crippen LogP contribution in [0.2, 0.25) is 0 Å². The van der Waals surface area contributed by atoms with Gasteiger partial charge in [-0.05, 0) is 24.6 Å². The highest BCUT2D eigenvalue weighted by Gasteiger charge is 2.48. The molecule has 0 fully saturated rings. The smallest absolute Gasteiger partial charge is 0.0375 e. The predicted molar refractivity (Wildman–Crippen MR) is 119 cm³/mol. The third-order valence-electron chi connectivity index (χ3n) is 4.56. The highest BCUT2D eigenvalue weighted by molar-refractivity contribution is 8.86. The van der Waals surface area contributed by atoms with Crippen LogP contribution in [-0.4, -0.2) is 6.66 Å². The molecular formula is C19H17P3S2. The van der Waals surface area contributed by atoms with Crippen molar-refractivity contribution in [2.45, 2.75) is 0 Å². The molecule has 0 spiro atoms. The van der Waals surface area contributed by atoms with Crippen molar-refractivity contribution in [1.29, 1.82) is 0 Å². The minimum Gasteiger partial charge on any atom is -0.0824 e. The molecule has 0 N–H and O–H groups in total. The SMILES string of the molecule is CP1[P@@](=S)(c2ccccc2)c2ccccc2[P@@]1(=S)c1ccccc1. The zero-order valence-electron chi connectivity index (χ0n) is 13.2. The van der Waals surface area contributed by atoms with Crippen LogP contribution in [0.25, 0.3) is 0 Å². The van der Waals surface area contributed by atoms with Gasteiger partial charge in [-0.25, -0.2) is 0 Å². The van der Waals surface area contributed by atoms with E-state index in [9.17, 15) is 0 Å². The molecule has 3 atom stereocenters. The van der Waals surface area contributed by atoms with E-state index in [1.807, 2.05) is 0 Å². The summed E-state index contributed by atoms with van der Waals surface area (Å²) < 4.78 is 0. The first-order valence-electron chi connectivity index (χ1n) is 7.76. The summed E-state index contributed by atoms with van der Waals surface area (Å²) in [6.45, 7) is 2.37. The molecule has 3 aromatic rings. The van der Waals surface area contributed by atoms with Gasteiger partial charge in [0.15, 0.2) is 0 Å². The fourth-order valence-electron chi connectivity index (χ4n) is 3.34. The van der Waals surface area contributed by atoms with Gasteiger partial charge in [-0.3, -0.25) is 0 Å². The van der Waals surface area contributed by atoms with Crippen LogP contribution in [0, 0.1) is 0 Å². The Morgan fingerprint density at radius 1 is 0.583 bits per heavy atom. The van der Waals surface area contributed by atoms with Crippen molar-refractivity contribution >= 4 is 63.6 Å². The number of fused-ring (bicyclic) bond motifs is 1. The highest BCUT2D eigenvalue weighted by Crippen LogP contribution is 2.94. The zero-order chi connectivity index (χ0) is 16.8. The minimum absolute atomic E-state index is 0.484. The van der Waals surface area contributed by atoms with Crippen molar-refractivity contribution < 1.29 is 0 Å². The Bertz CT molecular complexity index is 903. The van der Waals surface area contributed by atoms with E-state index in [1.54, 1.807) is 0 Å². The summed E-state index contributed by atoms with van der Waals surface area (Å²) in [6, 6.07) is 30.2. The third kappa shape index (κ3) is 2.28. The first kappa shape index (κ1) is 16.8. The van der Waals surface area contributed by atoms with E-state index in [1.165, 1.54) is 21.2 Å². The van der Waals surface area contributed by atoms with E-state index < -0.39 is 18.8 Å². The van der Waals surface area contributed by atoms with Crippen LogP contribution in [0.15, 0.2) is 84.9 Å². The molecule has 1 heterocycles. The number of hydrogen-bond donors (Lipinski definition) is 0. The molecule has 120 valence electrons. The van der Waals surface area contributed by atoms with Gasteiger partial charge in [-0.2, -0.15) is 0 Å². The number of benzene rings is 3. The molecule has 0 saturated carbocycles. The molecule has 0 aliphatic carbocycles. The van der Waals surface area contributed by atoms with Crippen molar-refractivity contribution in [1.82, 2.24) is 0 Å². The molecule has 0 aromatic heterocycles. The summed E-state index contributed by atoms with van der Waals surface area (Å²) >= 11 is 12.9. The molecule has 0 amide bonds. The van der Waals surface area contributed by atoms with Gasteiger partial charge in [-0.15, -0.1) is 0 Å². The normalized spacial score (nSPS) is 28.5. The van der Waals surface area contributed by atoms with Gasteiger partial charge in [0.25, 0.3) is 0 Å². The van der Waals surface area contributed by atoms with Crippen LogP contribution < -0.4 is 21.2 Å². The van der Waals surface area contributed by atoms with E-state index in [-0.39, 0.29) is 0 Å². The molecule has 4 rings (SSSR count). The second kappa shape index (κ2) is 6.28. The standard InChI is InChI=1S/C19H17P3S2/c1-20-21(23,16-10-4-2-5-11-16)18-14-8-9-15-19(18)22(20,24)17-12-6-3-7-13-17/h2-15H,1H3/t20?,21-,22+. The van der Waals surface area contributed by atoms with Crippen LogP contribution in [0.3, 0.4) is 0 Å². The lowest BCUT2D eigenvalue weighted by Gasteiger charge is -2.29. The lowest BCUT2D eigenvalue weighted by molar-refractivity contribution is 1.77. The first-order chi connectivity index (χ1) is 11.6. The van der Waals surface area contributed by atoms with Gasteiger partial charge in [0.05, 0.1) is 0 Å². The molecule has 0 nitrogen and oxygen atoms in total. The summed E-state index contributed by atoms with van der Waals surface area (Å²) in [5.41, 5.74) is -3.69. The van der Waals surface area contributed by atoms with E-state index >= 15 is 0 Å². The van der Waals surface area contributed by atoms with Gasteiger partial charge >= 0.3 is 0 Å². The summed E-state index contributed by atoms with van der Waals surface area (Å²) in [7, 11) is -0.484. The maximum atomic E-state index is 6.46. The fourth-order valence-corrected chi connectivity index (χ4v) is 32.2. The molecule has 24 heavy (non-hydrogen) atoms. The van der Waals surface area contributed by atoms with Gasteiger partial charge in [0.1, 0.15) is 0 Å². The van der Waals surface area contributed by atoms with Gasteiger partial charge in [0, 0.05) is 22.1 Å². The molecule has 3 aromatic carbocycles. The van der Waals surface area contributed by atoms with Crippen molar-refractivity contribution in [3.63, 3.8) is 0 Å². The Balaban J connectivity index is 2.05. The molecule has 0 radical (unpaired) electrons. The quantitative estimate of drug-likeness (QED) is 0.579. The van der Waals surface area contributed by atoms with Crippen molar-refractivity contribution in [2.75, 3.05) is 6.66 Å². The summed E-state index contributed by atoms with van der Waals surface area (Å²) in [4.78, 5) is 0. The lowest BCUT2D eigenvalue weighted by atomic mass is 10.4. The van der Waals surface area contributed by atoms with Gasteiger partial charge in [0.2, 0.25) is 0 Å². The maximum absolute atomic E-state index is 6.46. The summed E-state index contributed by atoms with van der Waals surface area (Å²) in [5.74, 6) is 0. The van der Waals surface area contributed by atoms with E-state index in [0.717, 1.165) is 0 Å². The van der Waals surface area contributed by atoms with Gasteiger partial charge in [-0.1, -0.05) is 109 Å². The Hall–Kier alpha value is -0.610. The largest absolute Gasteiger partial charge is 0.0824 e. The summed E-state index contributed by atoms with van der Waals surface area (Å²) in [5, 5.41) is 5.38. The van der Waals surface area contributed by atoms with Crippen molar-refractivity contribution in [3.8, 4) is 0 Å². The molecule has 1 aliphatic rings. The number of hydrogen-bond acceptors (Lipinski definition) is 2. The minimum atomic E-state index is -1.85. The first-order valence-corrected chi connectivity index (χ1v) is 16.6. The lowest BCUT2D eigenvalue weighted by Crippen LogP contribution is -2.23. The molecule has 0 saturated heterocycles. The average molecular weight is 402 g/mol. The van der Waals surface area contributed by atoms with Gasteiger partial charge < -0.3 is 0 Å². The van der Waals surface area contributed by atoms with Crippen LogP contribution >= 0.6 is 18.8 Å². The van der Waals surface area contributed by atoms with E-state index in [2.05, 4.69) is 91.6 Å². The highest BCUT2D eigenvalue weighted by atomic mass is 32.8. The molecule has 1 aliphatic heterocycles. The Morgan fingerprint density at radius 3 is 1.29 bits per heavy atom. The second-order valence-electron chi connectivity index (χ2n) is 5.80. The number of rotatable bonds is 2. The molecular weight excluding hydrogens is 385 g/mol. The Morgan fingerprint density at radius 2 is 0.917 bits per heavy atom. The third-order valence-corrected chi connectivity index (χ3v) is 31.9. The topological polar surface area (TPSA) is 0 Å². The summed E-state index contributed by atoms with van der Waals surface area (Å²) in [6.07, 6.45) is 0.